The number of hydrogen-bond acceptors (Lipinski definition) is 4. The van der Waals surface area contributed by atoms with Gasteiger partial charge in [0, 0.05) is 30.8 Å². The summed E-state index contributed by atoms with van der Waals surface area (Å²) in [5.74, 6) is 0.271. The minimum absolute atomic E-state index is 0.150. The molecule has 3 aromatic carbocycles. The van der Waals surface area contributed by atoms with Gasteiger partial charge in [0.15, 0.2) is 0 Å². The summed E-state index contributed by atoms with van der Waals surface area (Å²) in [4.78, 5) is 16.4. The van der Waals surface area contributed by atoms with E-state index in [0.717, 1.165) is 16.7 Å². The van der Waals surface area contributed by atoms with Crippen LogP contribution in [0.3, 0.4) is 0 Å². The number of rotatable bonds is 10. The number of ketones is 1. The number of pyridine rings is 1. The van der Waals surface area contributed by atoms with Crippen molar-refractivity contribution in [2.75, 3.05) is 0 Å². The molecule has 0 aliphatic carbocycles. The Morgan fingerprint density at radius 2 is 1.58 bits per heavy atom. The van der Waals surface area contributed by atoms with Crippen molar-refractivity contribution in [2.24, 2.45) is 0 Å². The average molecular weight is 492 g/mol. The van der Waals surface area contributed by atoms with Crippen LogP contribution in [0.25, 0.3) is 11.1 Å². The summed E-state index contributed by atoms with van der Waals surface area (Å²) >= 11 is 0. The first-order valence-corrected chi connectivity index (χ1v) is 11.4. The number of aryl methyl sites for hydroxylation is 1. The molecule has 0 spiro atoms. The molecule has 0 N–H and O–H groups in total. The summed E-state index contributed by atoms with van der Waals surface area (Å²) in [5.41, 5.74) is 4.02. The normalized spacial score (nSPS) is 11.2. The molecule has 0 amide bonds. The Balaban J connectivity index is 1.38. The summed E-state index contributed by atoms with van der Waals surface area (Å²) in [6, 6.07) is 24.4. The molecule has 1 heterocycles. The summed E-state index contributed by atoms with van der Waals surface area (Å²) in [6.45, 7) is 0.217. The van der Waals surface area contributed by atoms with E-state index in [-0.39, 0.29) is 18.1 Å². The van der Waals surface area contributed by atoms with Gasteiger partial charge in [0.1, 0.15) is 23.9 Å². The van der Waals surface area contributed by atoms with Gasteiger partial charge in [-0.05, 0) is 52.9 Å². The Hall–Kier alpha value is -4.13. The van der Waals surface area contributed by atoms with E-state index in [1.807, 2.05) is 42.5 Å². The van der Waals surface area contributed by atoms with E-state index in [9.17, 15) is 18.0 Å². The second-order valence-electron chi connectivity index (χ2n) is 8.25. The Labute approximate surface area is 207 Å². The number of halogens is 3. The van der Waals surface area contributed by atoms with E-state index in [1.54, 1.807) is 36.7 Å². The molecule has 0 radical (unpaired) electrons. The number of ether oxygens (including phenoxy) is 2. The van der Waals surface area contributed by atoms with Crippen LogP contribution in [0.5, 0.6) is 11.5 Å². The Kier molecular flexibility index (Phi) is 8.00. The van der Waals surface area contributed by atoms with Gasteiger partial charge in [0.2, 0.25) is 0 Å². The van der Waals surface area contributed by atoms with Crippen LogP contribution in [0.4, 0.5) is 13.2 Å². The van der Waals surface area contributed by atoms with Crippen molar-refractivity contribution in [3.8, 4) is 22.6 Å². The number of hydrogen-bond donors (Lipinski definition) is 0. The minimum Gasteiger partial charge on any atom is -0.488 e. The molecule has 0 unspecified atom stereocenters. The van der Waals surface area contributed by atoms with Gasteiger partial charge in [-0.2, -0.15) is 0 Å². The number of alkyl halides is 3. The van der Waals surface area contributed by atoms with Gasteiger partial charge < -0.3 is 9.47 Å². The first-order chi connectivity index (χ1) is 17.4. The fourth-order valence-electron chi connectivity index (χ4n) is 3.74. The zero-order chi connectivity index (χ0) is 25.4. The standard InChI is InChI=1S/C29H24F3NO3/c30-29(31,32)36-26-14-15-28(27(18-26)24-6-2-1-3-7-24)35-20-23-10-8-21(9-11-23)17-25(34)13-12-22-5-4-16-33-19-22/h1-11,14-16,18-19H,12-13,17,20H2. The highest BCUT2D eigenvalue weighted by atomic mass is 19.4. The summed E-state index contributed by atoms with van der Waals surface area (Å²) in [5, 5.41) is 0. The SMILES string of the molecule is O=C(CCc1cccnc1)Cc1ccc(COc2ccc(OC(F)(F)F)cc2-c2ccccc2)cc1. The third-order valence-electron chi connectivity index (χ3n) is 5.50. The monoisotopic (exact) mass is 491 g/mol. The van der Waals surface area contributed by atoms with Crippen LogP contribution in [0.2, 0.25) is 0 Å². The van der Waals surface area contributed by atoms with Crippen LogP contribution in [0, 0.1) is 0 Å². The molecule has 4 nitrogen and oxygen atoms in total. The third kappa shape index (κ3) is 7.43. The van der Waals surface area contributed by atoms with Crippen molar-refractivity contribution in [2.45, 2.75) is 32.2 Å². The van der Waals surface area contributed by atoms with Crippen molar-refractivity contribution in [1.82, 2.24) is 4.98 Å². The van der Waals surface area contributed by atoms with Crippen LogP contribution in [0.1, 0.15) is 23.1 Å². The maximum Gasteiger partial charge on any atom is 0.573 e. The van der Waals surface area contributed by atoms with Gasteiger partial charge in [0.25, 0.3) is 0 Å². The van der Waals surface area contributed by atoms with Gasteiger partial charge in [0.05, 0.1) is 0 Å². The maximum atomic E-state index is 12.7. The molecule has 0 saturated carbocycles. The number of carbonyl (C=O) groups excluding carboxylic acids is 1. The van der Waals surface area contributed by atoms with Crippen molar-refractivity contribution in [1.29, 1.82) is 0 Å². The van der Waals surface area contributed by atoms with E-state index in [2.05, 4.69) is 9.72 Å². The molecule has 7 heteroatoms. The van der Waals surface area contributed by atoms with Gasteiger partial charge >= 0.3 is 6.36 Å². The molecule has 0 fully saturated rings. The lowest BCUT2D eigenvalue weighted by Gasteiger charge is -2.15. The molecule has 0 atom stereocenters. The van der Waals surface area contributed by atoms with E-state index >= 15 is 0 Å². The van der Waals surface area contributed by atoms with Crippen molar-refractivity contribution >= 4 is 5.78 Å². The second-order valence-corrected chi connectivity index (χ2v) is 8.25. The van der Waals surface area contributed by atoms with Crippen LogP contribution < -0.4 is 9.47 Å². The van der Waals surface area contributed by atoms with Crippen molar-refractivity contribution in [3.05, 3.63) is 114 Å². The second kappa shape index (κ2) is 11.5. The van der Waals surface area contributed by atoms with Gasteiger partial charge in [-0.15, -0.1) is 13.2 Å². The summed E-state index contributed by atoms with van der Waals surface area (Å²) in [6.07, 6.45) is 0.152. The molecule has 1 aromatic heterocycles. The fraction of sp³-hybridized carbons (Fsp3) is 0.172. The molecule has 36 heavy (non-hydrogen) atoms. The number of nitrogens with zero attached hydrogens (tertiary/aromatic N) is 1. The highest BCUT2D eigenvalue weighted by molar-refractivity contribution is 5.81. The molecule has 4 rings (SSSR count). The number of aromatic nitrogens is 1. The summed E-state index contributed by atoms with van der Waals surface area (Å²) < 4.78 is 48.1. The first kappa shape index (κ1) is 25.0. The number of carbonyl (C=O) groups is 1. The molecular formula is C29H24F3NO3. The van der Waals surface area contributed by atoms with E-state index in [4.69, 9.17) is 4.74 Å². The lowest BCUT2D eigenvalue weighted by molar-refractivity contribution is -0.274. The zero-order valence-corrected chi connectivity index (χ0v) is 19.4. The molecule has 0 saturated heterocycles. The van der Waals surface area contributed by atoms with Crippen molar-refractivity contribution in [3.63, 3.8) is 0 Å². The zero-order valence-electron chi connectivity index (χ0n) is 19.4. The Bertz CT molecular complexity index is 1270. The lowest BCUT2D eigenvalue weighted by atomic mass is 10.0. The quantitative estimate of drug-likeness (QED) is 0.240. The van der Waals surface area contributed by atoms with E-state index < -0.39 is 6.36 Å². The fourth-order valence-corrected chi connectivity index (χ4v) is 3.74. The van der Waals surface area contributed by atoms with E-state index in [0.29, 0.717) is 36.1 Å². The molecular weight excluding hydrogens is 467 g/mol. The largest absolute Gasteiger partial charge is 0.573 e. The smallest absolute Gasteiger partial charge is 0.488 e. The number of benzene rings is 3. The molecule has 4 aromatic rings. The summed E-state index contributed by atoms with van der Waals surface area (Å²) in [7, 11) is 0. The Morgan fingerprint density at radius 1 is 0.833 bits per heavy atom. The van der Waals surface area contributed by atoms with Gasteiger partial charge in [-0.25, -0.2) is 0 Å². The van der Waals surface area contributed by atoms with Crippen LogP contribution in [0.15, 0.2) is 97.3 Å². The first-order valence-electron chi connectivity index (χ1n) is 11.4. The van der Waals surface area contributed by atoms with Gasteiger partial charge in [-0.3, -0.25) is 9.78 Å². The molecule has 0 aliphatic heterocycles. The lowest BCUT2D eigenvalue weighted by Crippen LogP contribution is -2.17. The highest BCUT2D eigenvalue weighted by Gasteiger charge is 2.31. The van der Waals surface area contributed by atoms with E-state index in [1.165, 1.54) is 18.2 Å². The van der Waals surface area contributed by atoms with Crippen LogP contribution >= 0.6 is 0 Å². The third-order valence-corrected chi connectivity index (χ3v) is 5.50. The molecule has 0 aliphatic rings. The van der Waals surface area contributed by atoms with Crippen LogP contribution in [-0.2, 0) is 24.2 Å². The predicted octanol–water partition coefficient (Wildman–Crippen LogP) is 6.97. The van der Waals surface area contributed by atoms with Crippen LogP contribution in [-0.4, -0.2) is 17.1 Å². The Morgan fingerprint density at radius 3 is 2.28 bits per heavy atom. The highest BCUT2D eigenvalue weighted by Crippen LogP contribution is 2.35. The topological polar surface area (TPSA) is 48.4 Å². The van der Waals surface area contributed by atoms with Crippen molar-refractivity contribution < 1.29 is 27.4 Å². The van der Waals surface area contributed by atoms with Gasteiger partial charge in [-0.1, -0.05) is 60.7 Å². The molecule has 184 valence electrons. The average Bonchev–Trinajstić information content (AvgIpc) is 2.88. The molecule has 0 bridgehead atoms. The minimum atomic E-state index is -4.78. The predicted molar refractivity (Wildman–Crippen MR) is 131 cm³/mol. The number of Topliss-reactive ketones (excluding diaryl/α,β-unsaturated/α-hetero) is 1. The maximum absolute atomic E-state index is 12.7.